The zero-order chi connectivity index (χ0) is 13.5. The van der Waals surface area contributed by atoms with Gasteiger partial charge >= 0.3 is 0 Å². The Morgan fingerprint density at radius 3 is 2.18 bits per heavy atom. The number of hydrogen-bond donors (Lipinski definition) is 1. The van der Waals surface area contributed by atoms with Gasteiger partial charge in [0.15, 0.2) is 0 Å². The highest BCUT2D eigenvalue weighted by Crippen LogP contribution is 2.09. The van der Waals surface area contributed by atoms with Crippen molar-refractivity contribution in [2.45, 2.75) is 59.8 Å². The van der Waals surface area contributed by atoms with Crippen molar-refractivity contribution in [3.05, 3.63) is 35.4 Å². The third-order valence-electron chi connectivity index (χ3n) is 2.40. The molecule has 17 heavy (non-hydrogen) atoms. The summed E-state index contributed by atoms with van der Waals surface area (Å²) in [5, 5.41) is 7.00. The van der Waals surface area contributed by atoms with E-state index in [4.69, 9.17) is 5.11 Å². The van der Waals surface area contributed by atoms with Crippen molar-refractivity contribution >= 4 is 0 Å². The van der Waals surface area contributed by atoms with E-state index in [0.29, 0.717) is 0 Å². The molecule has 1 nitrogen and oxygen atoms in total. The van der Waals surface area contributed by atoms with E-state index in [2.05, 4.69) is 38.1 Å². The lowest BCUT2D eigenvalue weighted by Crippen LogP contribution is -1.86. The summed E-state index contributed by atoms with van der Waals surface area (Å²) in [5.41, 5.74) is 2.88. The zero-order valence-electron chi connectivity index (χ0n) is 12.3. The van der Waals surface area contributed by atoms with Crippen LogP contribution in [0.5, 0.6) is 0 Å². The fraction of sp³-hybridized carbons (Fsp3) is 0.625. The van der Waals surface area contributed by atoms with Crippen molar-refractivity contribution in [1.29, 1.82) is 0 Å². The van der Waals surface area contributed by atoms with E-state index in [1.807, 2.05) is 13.8 Å². The van der Waals surface area contributed by atoms with Crippen molar-refractivity contribution in [2.24, 2.45) is 0 Å². The lowest BCUT2D eigenvalue weighted by molar-refractivity contribution is 0.399. The molecule has 1 aromatic rings. The second-order valence-electron chi connectivity index (χ2n) is 3.80. The highest BCUT2D eigenvalue weighted by molar-refractivity contribution is 5.22. The smallest absolute Gasteiger partial charge is 0.0319 e. The van der Waals surface area contributed by atoms with E-state index in [1.54, 1.807) is 0 Å². The van der Waals surface area contributed by atoms with Crippen LogP contribution < -0.4 is 0 Å². The predicted octanol–water partition coefficient (Wildman–Crippen LogP) is 4.75. The van der Waals surface area contributed by atoms with Crippen molar-refractivity contribution in [2.75, 3.05) is 7.11 Å². The minimum absolute atomic E-state index is 1.00. The average Bonchev–Trinajstić information content (AvgIpc) is 2.40. The summed E-state index contributed by atoms with van der Waals surface area (Å²) in [6, 6.07) is 8.85. The van der Waals surface area contributed by atoms with Crippen molar-refractivity contribution in [3.8, 4) is 0 Å². The van der Waals surface area contributed by atoms with Gasteiger partial charge in [0.25, 0.3) is 0 Å². The van der Waals surface area contributed by atoms with Crippen LogP contribution >= 0.6 is 0 Å². The molecule has 0 bridgehead atoms. The molecule has 0 spiro atoms. The first kappa shape index (κ1) is 18.5. The molecule has 1 rings (SSSR count). The molecule has 0 atom stereocenters. The zero-order valence-corrected chi connectivity index (χ0v) is 12.3. The third kappa shape index (κ3) is 11.4. The van der Waals surface area contributed by atoms with Crippen LogP contribution in [0.1, 0.15) is 57.6 Å². The molecule has 0 aliphatic rings. The summed E-state index contributed by atoms with van der Waals surface area (Å²) >= 11 is 0. The highest BCUT2D eigenvalue weighted by Gasteiger charge is 1.93. The van der Waals surface area contributed by atoms with Crippen LogP contribution in [0.15, 0.2) is 24.3 Å². The molecular weight excluding hydrogens is 208 g/mol. The SMILES string of the molecule is CC.CCCCCCc1cccc(C)c1.CO. The maximum Gasteiger partial charge on any atom is 0.0319 e. The summed E-state index contributed by atoms with van der Waals surface area (Å²) in [4.78, 5) is 0. The molecule has 0 saturated heterocycles. The summed E-state index contributed by atoms with van der Waals surface area (Å²) in [6.45, 7) is 8.42. The predicted molar refractivity (Wildman–Crippen MR) is 78.5 cm³/mol. The molecule has 1 heteroatoms. The summed E-state index contributed by atoms with van der Waals surface area (Å²) in [7, 11) is 1.00. The Labute approximate surface area is 108 Å². The van der Waals surface area contributed by atoms with Gasteiger partial charge in [-0.15, -0.1) is 0 Å². The quantitative estimate of drug-likeness (QED) is 0.734. The minimum atomic E-state index is 1.00. The molecular formula is C16H30O. The Balaban J connectivity index is 0. The van der Waals surface area contributed by atoms with E-state index in [0.717, 1.165) is 7.11 Å². The maximum atomic E-state index is 7.00. The van der Waals surface area contributed by atoms with E-state index >= 15 is 0 Å². The van der Waals surface area contributed by atoms with Gasteiger partial charge in [-0.2, -0.15) is 0 Å². The van der Waals surface area contributed by atoms with Gasteiger partial charge in [0.1, 0.15) is 0 Å². The number of benzene rings is 1. The van der Waals surface area contributed by atoms with E-state index in [-0.39, 0.29) is 0 Å². The Hall–Kier alpha value is -0.820. The third-order valence-corrected chi connectivity index (χ3v) is 2.40. The maximum absolute atomic E-state index is 7.00. The van der Waals surface area contributed by atoms with Crippen molar-refractivity contribution in [3.63, 3.8) is 0 Å². The topological polar surface area (TPSA) is 20.2 Å². The molecule has 0 aromatic heterocycles. The van der Waals surface area contributed by atoms with Crippen LogP contribution in [0.4, 0.5) is 0 Å². The molecule has 0 unspecified atom stereocenters. The van der Waals surface area contributed by atoms with Crippen LogP contribution in [0.3, 0.4) is 0 Å². The standard InChI is InChI=1S/C13H20.C2H6.CH4O/c1-3-4-5-6-9-13-10-7-8-12(2)11-13;2*1-2/h7-8,10-11H,3-6,9H2,1-2H3;1-2H3;2H,1H3. The van der Waals surface area contributed by atoms with Gasteiger partial charge in [-0.3, -0.25) is 0 Å². The fourth-order valence-corrected chi connectivity index (χ4v) is 1.62. The Morgan fingerprint density at radius 2 is 1.65 bits per heavy atom. The molecule has 1 aromatic carbocycles. The van der Waals surface area contributed by atoms with Crippen LogP contribution in [-0.2, 0) is 6.42 Å². The van der Waals surface area contributed by atoms with Gasteiger partial charge in [-0.05, 0) is 25.3 Å². The molecule has 0 radical (unpaired) electrons. The van der Waals surface area contributed by atoms with Gasteiger partial charge in [-0.25, -0.2) is 0 Å². The van der Waals surface area contributed by atoms with E-state index in [1.165, 1.54) is 43.2 Å². The van der Waals surface area contributed by atoms with Gasteiger partial charge in [0.2, 0.25) is 0 Å². The number of aliphatic hydroxyl groups is 1. The largest absolute Gasteiger partial charge is 0.400 e. The number of aliphatic hydroxyl groups excluding tert-OH is 1. The molecule has 0 heterocycles. The lowest BCUT2D eigenvalue weighted by atomic mass is 10.0. The minimum Gasteiger partial charge on any atom is -0.400 e. The molecule has 0 saturated carbocycles. The van der Waals surface area contributed by atoms with Gasteiger partial charge in [0, 0.05) is 7.11 Å². The van der Waals surface area contributed by atoms with E-state index < -0.39 is 0 Å². The Morgan fingerprint density at radius 1 is 1.00 bits per heavy atom. The number of hydrogen-bond acceptors (Lipinski definition) is 1. The van der Waals surface area contributed by atoms with Crippen LogP contribution in [0, 0.1) is 6.92 Å². The number of unbranched alkanes of at least 4 members (excludes halogenated alkanes) is 3. The number of aryl methyl sites for hydroxylation is 2. The molecule has 0 amide bonds. The van der Waals surface area contributed by atoms with E-state index in [9.17, 15) is 0 Å². The monoisotopic (exact) mass is 238 g/mol. The summed E-state index contributed by atoms with van der Waals surface area (Å²) in [6.07, 6.45) is 6.68. The van der Waals surface area contributed by atoms with Crippen molar-refractivity contribution in [1.82, 2.24) is 0 Å². The lowest BCUT2D eigenvalue weighted by Gasteiger charge is -2.01. The fourth-order valence-electron chi connectivity index (χ4n) is 1.62. The first-order valence-electron chi connectivity index (χ1n) is 6.83. The van der Waals surface area contributed by atoms with Crippen LogP contribution in [-0.4, -0.2) is 12.2 Å². The van der Waals surface area contributed by atoms with Crippen LogP contribution in [0.25, 0.3) is 0 Å². The summed E-state index contributed by atoms with van der Waals surface area (Å²) < 4.78 is 0. The van der Waals surface area contributed by atoms with Gasteiger partial charge in [0.05, 0.1) is 0 Å². The first-order valence-corrected chi connectivity index (χ1v) is 6.83. The molecule has 100 valence electrons. The van der Waals surface area contributed by atoms with Gasteiger partial charge in [-0.1, -0.05) is 69.9 Å². The average molecular weight is 238 g/mol. The molecule has 0 aliphatic carbocycles. The number of rotatable bonds is 5. The van der Waals surface area contributed by atoms with Crippen molar-refractivity contribution < 1.29 is 5.11 Å². The van der Waals surface area contributed by atoms with Gasteiger partial charge < -0.3 is 5.11 Å². The second kappa shape index (κ2) is 15.2. The second-order valence-corrected chi connectivity index (χ2v) is 3.80. The normalized spacial score (nSPS) is 8.59. The molecule has 0 aliphatic heterocycles. The summed E-state index contributed by atoms with van der Waals surface area (Å²) in [5.74, 6) is 0. The Kier molecular flexibility index (Phi) is 16.6. The molecule has 1 N–H and O–H groups in total. The first-order chi connectivity index (χ1) is 8.33. The molecule has 0 fully saturated rings. The highest BCUT2D eigenvalue weighted by atomic mass is 16.2. The van der Waals surface area contributed by atoms with Crippen LogP contribution in [0.2, 0.25) is 0 Å². The Bertz CT molecular complexity index is 243.